The maximum atomic E-state index is 4.55. The molecule has 4 aromatic rings. The van der Waals surface area contributed by atoms with Crippen LogP contribution in [-0.4, -0.2) is 14.5 Å². The molecule has 4 nitrogen and oxygen atoms in total. The van der Waals surface area contributed by atoms with E-state index in [-0.39, 0.29) is 0 Å². The Kier molecular flexibility index (Phi) is 1.80. The zero-order valence-corrected chi connectivity index (χ0v) is 11.7. The fourth-order valence-corrected chi connectivity index (χ4v) is 4.46. The molecule has 4 aromatic heterocycles. The van der Waals surface area contributed by atoms with Crippen LogP contribution >= 0.6 is 11.3 Å². The first-order valence-corrected chi connectivity index (χ1v) is 7.36. The molecule has 0 bridgehead atoms. The zero-order chi connectivity index (χ0) is 13.3. The average Bonchev–Trinajstić information content (AvgIpc) is 3.09. The summed E-state index contributed by atoms with van der Waals surface area (Å²) in [5, 5.41) is 2.49. The Bertz CT molecular complexity index is 996. The third kappa shape index (κ3) is 1.10. The number of thiazole rings is 1. The maximum Gasteiger partial charge on any atom is 0.302 e. The molecule has 5 heteroatoms. The van der Waals surface area contributed by atoms with Crippen molar-refractivity contribution in [2.75, 3.05) is 0 Å². The lowest BCUT2D eigenvalue weighted by Gasteiger charge is -1.92. The van der Waals surface area contributed by atoms with Gasteiger partial charge in [-0.3, -0.25) is 4.98 Å². The van der Waals surface area contributed by atoms with Crippen molar-refractivity contribution in [1.29, 1.82) is 0 Å². The van der Waals surface area contributed by atoms with Crippen LogP contribution in [0.1, 0.15) is 5.56 Å². The molecule has 0 saturated heterocycles. The Morgan fingerprint density at radius 3 is 3.00 bits per heavy atom. The van der Waals surface area contributed by atoms with Crippen molar-refractivity contribution in [3.8, 4) is 10.7 Å². The van der Waals surface area contributed by atoms with E-state index in [0.29, 0.717) is 0 Å². The fourth-order valence-electron chi connectivity index (χ4n) is 3.12. The van der Waals surface area contributed by atoms with E-state index in [4.69, 9.17) is 0 Å². The number of fused-ring (bicyclic) bond motifs is 7. The minimum Gasteiger partial charge on any atom is -0.251 e. The van der Waals surface area contributed by atoms with Gasteiger partial charge in [0.2, 0.25) is 10.7 Å². The number of nitrogens with zero attached hydrogens (tertiary/aromatic N) is 4. The van der Waals surface area contributed by atoms with Crippen LogP contribution in [0, 0.1) is 0 Å². The summed E-state index contributed by atoms with van der Waals surface area (Å²) in [6, 6.07) is 8.32. The van der Waals surface area contributed by atoms with Crippen LogP contribution in [-0.2, 0) is 13.6 Å². The van der Waals surface area contributed by atoms with Crippen molar-refractivity contribution >= 4 is 32.7 Å². The molecule has 0 amide bonds. The summed E-state index contributed by atoms with van der Waals surface area (Å²) in [4.78, 5) is 9.06. The van der Waals surface area contributed by atoms with E-state index < -0.39 is 0 Å². The van der Waals surface area contributed by atoms with E-state index in [1.54, 1.807) is 0 Å². The molecule has 0 atom stereocenters. The summed E-state index contributed by atoms with van der Waals surface area (Å²) < 4.78 is 5.86. The Labute approximate surface area is 119 Å². The average molecular weight is 279 g/mol. The van der Waals surface area contributed by atoms with E-state index in [2.05, 4.69) is 38.3 Å². The lowest BCUT2D eigenvalue weighted by Crippen LogP contribution is -2.32. The summed E-state index contributed by atoms with van der Waals surface area (Å²) in [6.45, 7) is 0.905. The van der Waals surface area contributed by atoms with Crippen molar-refractivity contribution in [2.24, 2.45) is 7.05 Å². The third-order valence-corrected chi connectivity index (χ3v) is 5.21. The van der Waals surface area contributed by atoms with Crippen LogP contribution in [0.4, 0.5) is 0 Å². The summed E-state index contributed by atoms with van der Waals surface area (Å²) in [7, 11) is 2.09. The van der Waals surface area contributed by atoms with Gasteiger partial charge in [-0.1, -0.05) is 17.4 Å². The first kappa shape index (κ1) is 10.5. The topological polar surface area (TPSA) is 34.6 Å². The van der Waals surface area contributed by atoms with Gasteiger partial charge in [0.05, 0.1) is 12.4 Å². The number of aryl methyl sites for hydroxylation is 1. The monoisotopic (exact) mass is 279 g/mol. The summed E-state index contributed by atoms with van der Waals surface area (Å²) in [6.07, 6.45) is 3.73. The molecular formula is C15H11N4S+. The molecule has 0 fully saturated rings. The highest BCUT2D eigenvalue weighted by Crippen LogP contribution is 2.37. The van der Waals surface area contributed by atoms with E-state index in [1.165, 1.54) is 26.3 Å². The quantitative estimate of drug-likeness (QED) is 0.408. The van der Waals surface area contributed by atoms with Crippen molar-refractivity contribution < 1.29 is 4.57 Å². The summed E-state index contributed by atoms with van der Waals surface area (Å²) >= 11 is 1.82. The SMILES string of the molecule is Cn1c2ncccc2c2sc3[n+](c21)Cc1cccnc1-3. The van der Waals surface area contributed by atoms with Gasteiger partial charge in [0.15, 0.2) is 0 Å². The molecule has 96 valence electrons. The highest BCUT2D eigenvalue weighted by molar-refractivity contribution is 7.22. The molecule has 20 heavy (non-hydrogen) atoms. The molecule has 1 aliphatic rings. The van der Waals surface area contributed by atoms with Crippen LogP contribution < -0.4 is 4.57 Å². The predicted octanol–water partition coefficient (Wildman–Crippen LogP) is 2.50. The Morgan fingerprint density at radius 2 is 2.05 bits per heavy atom. The van der Waals surface area contributed by atoms with Gasteiger partial charge in [-0.2, -0.15) is 0 Å². The first-order chi connectivity index (χ1) is 9.84. The normalized spacial score (nSPS) is 13.1. The molecule has 5 heterocycles. The summed E-state index contributed by atoms with van der Waals surface area (Å²) in [5.41, 5.74) is 4.73. The number of hydrogen-bond donors (Lipinski definition) is 0. The van der Waals surface area contributed by atoms with Crippen LogP contribution in [0.3, 0.4) is 0 Å². The predicted molar refractivity (Wildman–Crippen MR) is 78.6 cm³/mol. The van der Waals surface area contributed by atoms with E-state index >= 15 is 0 Å². The molecule has 0 unspecified atom stereocenters. The molecular weight excluding hydrogens is 268 g/mol. The molecule has 1 aliphatic heterocycles. The smallest absolute Gasteiger partial charge is 0.251 e. The molecule has 0 radical (unpaired) electrons. The Hall–Kier alpha value is -2.27. The number of aromatic nitrogens is 4. The highest BCUT2D eigenvalue weighted by atomic mass is 32.1. The van der Waals surface area contributed by atoms with Crippen LogP contribution in [0.15, 0.2) is 36.7 Å². The molecule has 0 N–H and O–H groups in total. The van der Waals surface area contributed by atoms with E-state index in [1.807, 2.05) is 35.9 Å². The van der Waals surface area contributed by atoms with Crippen molar-refractivity contribution in [1.82, 2.24) is 14.5 Å². The largest absolute Gasteiger partial charge is 0.302 e. The van der Waals surface area contributed by atoms with Gasteiger partial charge < -0.3 is 0 Å². The van der Waals surface area contributed by atoms with E-state index in [0.717, 1.165) is 17.9 Å². The zero-order valence-electron chi connectivity index (χ0n) is 10.9. The maximum absolute atomic E-state index is 4.55. The van der Waals surface area contributed by atoms with Crippen LogP contribution in [0.2, 0.25) is 0 Å². The second-order valence-electron chi connectivity index (χ2n) is 5.09. The van der Waals surface area contributed by atoms with Crippen molar-refractivity contribution in [3.05, 3.63) is 42.2 Å². The lowest BCUT2D eigenvalue weighted by molar-refractivity contribution is -0.644. The van der Waals surface area contributed by atoms with Gasteiger partial charge in [0.1, 0.15) is 16.9 Å². The number of rotatable bonds is 0. The first-order valence-electron chi connectivity index (χ1n) is 6.54. The van der Waals surface area contributed by atoms with Gasteiger partial charge in [-0.05, 0) is 18.2 Å². The summed E-state index contributed by atoms with van der Waals surface area (Å²) in [5.74, 6) is 0. The molecule has 5 rings (SSSR count). The second-order valence-corrected chi connectivity index (χ2v) is 6.09. The van der Waals surface area contributed by atoms with Crippen LogP contribution in [0.5, 0.6) is 0 Å². The Balaban J connectivity index is 1.97. The number of hydrogen-bond acceptors (Lipinski definition) is 3. The van der Waals surface area contributed by atoms with Gasteiger partial charge in [0, 0.05) is 18.0 Å². The second kappa shape index (κ2) is 3.43. The third-order valence-electron chi connectivity index (χ3n) is 3.99. The van der Waals surface area contributed by atoms with Crippen LogP contribution in [0.25, 0.3) is 32.1 Å². The molecule has 0 aliphatic carbocycles. The molecule has 0 saturated carbocycles. The fraction of sp³-hybridized carbons (Fsp3) is 0.133. The minimum absolute atomic E-state index is 0.905. The van der Waals surface area contributed by atoms with E-state index in [9.17, 15) is 0 Å². The molecule has 0 aromatic carbocycles. The van der Waals surface area contributed by atoms with Crippen molar-refractivity contribution in [3.63, 3.8) is 0 Å². The van der Waals surface area contributed by atoms with Gasteiger partial charge in [-0.25, -0.2) is 14.1 Å². The van der Waals surface area contributed by atoms with Gasteiger partial charge in [0.25, 0.3) is 0 Å². The highest BCUT2D eigenvalue weighted by Gasteiger charge is 2.33. The minimum atomic E-state index is 0.905. The van der Waals surface area contributed by atoms with Gasteiger partial charge >= 0.3 is 5.65 Å². The lowest BCUT2D eigenvalue weighted by atomic mass is 10.2. The van der Waals surface area contributed by atoms with Crippen molar-refractivity contribution in [2.45, 2.75) is 6.54 Å². The Morgan fingerprint density at radius 1 is 1.20 bits per heavy atom. The van der Waals surface area contributed by atoms with Gasteiger partial charge in [-0.15, -0.1) is 0 Å². The standard InChI is InChI=1S/C15H11N4S/c1-18-13-10(5-3-7-17-13)12-14(18)19-8-9-4-2-6-16-11(9)15(19)20-12/h2-7H,8H2,1H3/q+1. The molecule has 0 spiro atoms. The number of pyridine rings is 2.